The second kappa shape index (κ2) is 5.56. The number of nitrogens with zero attached hydrogens (tertiary/aromatic N) is 1. The van der Waals surface area contributed by atoms with Gasteiger partial charge in [-0.3, -0.25) is 0 Å². The Morgan fingerprint density at radius 1 is 1.81 bits per heavy atom. The lowest BCUT2D eigenvalue weighted by Gasteiger charge is -2.23. The fraction of sp³-hybridized carbons (Fsp3) is 0.300. The summed E-state index contributed by atoms with van der Waals surface area (Å²) < 4.78 is 0. The van der Waals surface area contributed by atoms with Crippen molar-refractivity contribution in [3.05, 3.63) is 34.2 Å². The molecular weight excluding hydrogens is 226 g/mol. The molecule has 0 amide bonds. The minimum Gasteiger partial charge on any atom is -0.394 e. The van der Waals surface area contributed by atoms with Crippen LogP contribution >= 0.6 is 11.6 Å². The Labute approximate surface area is 99.4 Å². The molecule has 0 saturated carbocycles. The van der Waals surface area contributed by atoms with Crippen LogP contribution in [0.5, 0.6) is 0 Å². The van der Waals surface area contributed by atoms with E-state index in [9.17, 15) is 0 Å². The summed E-state index contributed by atoms with van der Waals surface area (Å²) in [5.74, 6) is 0. The fourth-order valence-corrected chi connectivity index (χ4v) is 1.68. The molecule has 1 atom stereocenters. The van der Waals surface area contributed by atoms with Gasteiger partial charge in [-0.1, -0.05) is 11.6 Å². The van der Waals surface area contributed by atoms with E-state index in [2.05, 4.69) is 10.6 Å². The summed E-state index contributed by atoms with van der Waals surface area (Å²) >= 11 is 5.95. The van der Waals surface area contributed by atoms with Gasteiger partial charge in [-0.2, -0.15) is 5.26 Å². The molecule has 0 aromatic carbocycles. The van der Waals surface area contributed by atoms with E-state index in [1.165, 1.54) is 0 Å². The van der Waals surface area contributed by atoms with Gasteiger partial charge < -0.3 is 22.1 Å². The van der Waals surface area contributed by atoms with E-state index >= 15 is 0 Å². The third kappa shape index (κ3) is 2.55. The Kier molecular flexibility index (Phi) is 4.38. The monoisotopic (exact) mass is 239 g/mol. The zero-order valence-corrected chi connectivity index (χ0v) is 9.67. The van der Waals surface area contributed by atoms with Crippen LogP contribution in [-0.4, -0.2) is 19.8 Å². The molecule has 5 nitrogen and oxygen atoms in total. The Morgan fingerprint density at radius 3 is 3.00 bits per heavy atom. The van der Waals surface area contributed by atoms with Crippen LogP contribution in [0.1, 0.15) is 0 Å². The van der Waals surface area contributed by atoms with Gasteiger partial charge in [0, 0.05) is 25.4 Å². The number of nitrogens with one attached hydrogen (secondary N) is 2. The van der Waals surface area contributed by atoms with Gasteiger partial charge in [0.1, 0.15) is 6.07 Å². The smallest absolute Gasteiger partial charge is 0.103 e. The first-order valence-electron chi connectivity index (χ1n) is 4.75. The number of hydrogen-bond acceptors (Lipinski definition) is 5. The first kappa shape index (κ1) is 12.6. The predicted octanol–water partition coefficient (Wildman–Crippen LogP) is -0.163. The highest BCUT2D eigenvalue weighted by Gasteiger charge is 2.20. The zero-order valence-electron chi connectivity index (χ0n) is 8.92. The van der Waals surface area contributed by atoms with Crippen molar-refractivity contribution >= 4 is 11.6 Å². The predicted molar refractivity (Wildman–Crippen MR) is 63.9 cm³/mol. The molecule has 6 heteroatoms. The Bertz CT molecular complexity index is 402. The van der Waals surface area contributed by atoms with Gasteiger partial charge in [-0.25, -0.2) is 0 Å². The molecule has 0 aromatic rings. The molecule has 16 heavy (non-hydrogen) atoms. The van der Waals surface area contributed by atoms with E-state index in [1.54, 1.807) is 19.3 Å². The molecule has 0 spiro atoms. The number of dihydropyridines is 1. The highest BCUT2D eigenvalue weighted by atomic mass is 35.5. The first-order chi connectivity index (χ1) is 7.63. The van der Waals surface area contributed by atoms with Crippen LogP contribution < -0.4 is 22.1 Å². The molecule has 0 bridgehead atoms. The minimum absolute atomic E-state index is 0.283. The molecule has 0 saturated heterocycles. The van der Waals surface area contributed by atoms with Crippen molar-refractivity contribution in [2.45, 2.75) is 6.17 Å². The standard InChI is InChI=1S/C10H14ClN5/c1-15-5-6(3-12)10-7(4-13)8(11)2-9(14)16-10/h2,5,9,15-16H,3,12,14H2,1H3/b6-5+. The number of rotatable bonds is 3. The number of hydrogen-bond donors (Lipinski definition) is 4. The van der Waals surface area contributed by atoms with E-state index < -0.39 is 6.17 Å². The summed E-state index contributed by atoms with van der Waals surface area (Å²) in [4.78, 5) is 0. The van der Waals surface area contributed by atoms with Crippen LogP contribution in [0.3, 0.4) is 0 Å². The van der Waals surface area contributed by atoms with E-state index in [-0.39, 0.29) is 6.54 Å². The normalized spacial score (nSPS) is 21.1. The molecule has 0 aliphatic carbocycles. The van der Waals surface area contributed by atoms with Crippen LogP contribution in [0.4, 0.5) is 0 Å². The van der Waals surface area contributed by atoms with Crippen molar-refractivity contribution in [3.8, 4) is 6.07 Å². The van der Waals surface area contributed by atoms with Crippen LogP contribution in [0, 0.1) is 11.3 Å². The van der Waals surface area contributed by atoms with Crippen molar-refractivity contribution in [2.75, 3.05) is 13.6 Å². The first-order valence-corrected chi connectivity index (χ1v) is 5.12. The lowest BCUT2D eigenvalue weighted by molar-refractivity contribution is 0.684. The van der Waals surface area contributed by atoms with Crippen LogP contribution in [-0.2, 0) is 0 Å². The SMILES string of the molecule is CN/C=C(\CN)C1=C(C#N)C(Cl)=CC(N)N1. The largest absolute Gasteiger partial charge is 0.394 e. The maximum Gasteiger partial charge on any atom is 0.103 e. The summed E-state index contributed by atoms with van der Waals surface area (Å²) in [6.07, 6.45) is 2.88. The lowest BCUT2D eigenvalue weighted by Crippen LogP contribution is -2.39. The molecule has 1 rings (SSSR count). The van der Waals surface area contributed by atoms with Crippen LogP contribution in [0.2, 0.25) is 0 Å². The van der Waals surface area contributed by atoms with Crippen LogP contribution in [0.15, 0.2) is 34.2 Å². The van der Waals surface area contributed by atoms with Gasteiger partial charge in [0.25, 0.3) is 0 Å². The average Bonchev–Trinajstić information content (AvgIpc) is 2.25. The molecular formula is C10H14ClN5. The third-order valence-electron chi connectivity index (χ3n) is 2.10. The molecule has 0 radical (unpaired) electrons. The quantitative estimate of drug-likeness (QED) is 0.548. The fourth-order valence-electron chi connectivity index (χ4n) is 1.41. The van der Waals surface area contributed by atoms with Gasteiger partial charge in [-0.15, -0.1) is 0 Å². The second-order valence-electron chi connectivity index (χ2n) is 3.21. The Morgan fingerprint density at radius 2 is 2.50 bits per heavy atom. The van der Waals surface area contributed by atoms with E-state index in [0.29, 0.717) is 16.3 Å². The molecule has 1 aliphatic heterocycles. The summed E-state index contributed by atoms with van der Waals surface area (Å²) in [5, 5.41) is 15.2. The van der Waals surface area contributed by atoms with Crippen molar-refractivity contribution < 1.29 is 0 Å². The number of allylic oxidation sites excluding steroid dienone is 2. The summed E-state index contributed by atoms with van der Waals surface area (Å²) in [6.45, 7) is 0.283. The number of halogens is 1. The van der Waals surface area contributed by atoms with Crippen LogP contribution in [0.25, 0.3) is 0 Å². The molecule has 1 aliphatic rings. The van der Waals surface area contributed by atoms with Crippen molar-refractivity contribution in [1.82, 2.24) is 10.6 Å². The van der Waals surface area contributed by atoms with Gasteiger partial charge in [-0.05, 0) is 6.08 Å². The maximum atomic E-state index is 9.03. The topological polar surface area (TPSA) is 99.9 Å². The van der Waals surface area contributed by atoms with Gasteiger partial charge >= 0.3 is 0 Å². The molecule has 86 valence electrons. The van der Waals surface area contributed by atoms with Crippen molar-refractivity contribution in [2.24, 2.45) is 11.5 Å². The second-order valence-corrected chi connectivity index (χ2v) is 3.62. The lowest BCUT2D eigenvalue weighted by atomic mass is 10.0. The zero-order chi connectivity index (χ0) is 12.1. The highest BCUT2D eigenvalue weighted by Crippen LogP contribution is 2.24. The highest BCUT2D eigenvalue weighted by molar-refractivity contribution is 6.32. The molecule has 1 unspecified atom stereocenters. The van der Waals surface area contributed by atoms with E-state index in [1.807, 2.05) is 6.07 Å². The summed E-state index contributed by atoms with van der Waals surface area (Å²) in [5.41, 5.74) is 13.0. The molecule has 0 fully saturated rings. The van der Waals surface area contributed by atoms with E-state index in [4.69, 9.17) is 28.3 Å². The number of nitriles is 1. The Hall–Kier alpha value is -1.48. The number of nitrogens with two attached hydrogens (primary N) is 2. The van der Waals surface area contributed by atoms with E-state index in [0.717, 1.165) is 5.57 Å². The van der Waals surface area contributed by atoms with Crippen molar-refractivity contribution in [1.29, 1.82) is 5.26 Å². The molecule has 0 aromatic heterocycles. The van der Waals surface area contributed by atoms with Gasteiger partial charge in [0.05, 0.1) is 22.5 Å². The maximum absolute atomic E-state index is 9.03. The summed E-state index contributed by atoms with van der Waals surface area (Å²) in [7, 11) is 1.75. The molecule has 6 N–H and O–H groups in total. The van der Waals surface area contributed by atoms with Gasteiger partial charge in [0.15, 0.2) is 0 Å². The van der Waals surface area contributed by atoms with Crippen molar-refractivity contribution in [3.63, 3.8) is 0 Å². The molecule has 1 heterocycles. The minimum atomic E-state index is -0.411. The Balaban J connectivity index is 3.22. The summed E-state index contributed by atoms with van der Waals surface area (Å²) in [6, 6.07) is 2.03. The average molecular weight is 240 g/mol. The van der Waals surface area contributed by atoms with Gasteiger partial charge in [0.2, 0.25) is 0 Å². The third-order valence-corrected chi connectivity index (χ3v) is 2.41.